The van der Waals surface area contributed by atoms with Crippen LogP contribution in [0.3, 0.4) is 0 Å². The standard InChI is InChI=1S/C23H27N5O/c1-16(2)28-22(25-15-26-28)18-9-6-10-19(11-18)23(29)24-13-21-12-17-7-4-5-8-20(17)14-27(21)3/h4-11,15-16,21H,12-14H2,1-3H3,(H,24,29)/t21-/m0/s1. The summed E-state index contributed by atoms with van der Waals surface area (Å²) in [6, 6.07) is 16.6. The second-order valence-corrected chi connectivity index (χ2v) is 7.95. The van der Waals surface area contributed by atoms with Gasteiger partial charge < -0.3 is 5.32 Å². The van der Waals surface area contributed by atoms with Crippen molar-refractivity contribution in [2.45, 2.75) is 38.9 Å². The molecule has 2 heterocycles. The number of likely N-dealkylation sites (N-methyl/N-ethyl adjacent to an activating group) is 1. The molecule has 6 nitrogen and oxygen atoms in total. The summed E-state index contributed by atoms with van der Waals surface area (Å²) in [4.78, 5) is 19.5. The second kappa shape index (κ2) is 8.17. The maximum absolute atomic E-state index is 12.8. The molecule has 3 aromatic rings. The molecular formula is C23H27N5O. The van der Waals surface area contributed by atoms with Crippen LogP contribution < -0.4 is 5.32 Å². The van der Waals surface area contributed by atoms with E-state index in [1.54, 1.807) is 6.33 Å². The van der Waals surface area contributed by atoms with Gasteiger partial charge in [-0.1, -0.05) is 36.4 Å². The van der Waals surface area contributed by atoms with Gasteiger partial charge in [0.15, 0.2) is 5.82 Å². The fraction of sp³-hybridized carbons (Fsp3) is 0.348. The van der Waals surface area contributed by atoms with Crippen LogP contribution in [0, 0.1) is 0 Å². The van der Waals surface area contributed by atoms with Crippen LogP contribution >= 0.6 is 0 Å². The fourth-order valence-electron chi connectivity index (χ4n) is 3.89. The first-order chi connectivity index (χ1) is 14.0. The molecule has 0 saturated heterocycles. The highest BCUT2D eigenvalue weighted by Crippen LogP contribution is 2.22. The Morgan fingerprint density at radius 2 is 1.97 bits per heavy atom. The Kier molecular flexibility index (Phi) is 5.45. The molecule has 0 saturated carbocycles. The van der Waals surface area contributed by atoms with Crippen LogP contribution in [0.25, 0.3) is 11.4 Å². The molecule has 0 bridgehead atoms. The first kappa shape index (κ1) is 19.3. The minimum Gasteiger partial charge on any atom is -0.350 e. The predicted octanol–water partition coefficient (Wildman–Crippen LogP) is 3.31. The third-order valence-electron chi connectivity index (χ3n) is 5.56. The average molecular weight is 390 g/mol. The highest BCUT2D eigenvalue weighted by atomic mass is 16.1. The number of carbonyl (C=O) groups is 1. The Labute approximate surface area is 171 Å². The van der Waals surface area contributed by atoms with E-state index in [4.69, 9.17) is 0 Å². The van der Waals surface area contributed by atoms with Gasteiger partial charge in [-0.2, -0.15) is 5.10 Å². The fourth-order valence-corrected chi connectivity index (χ4v) is 3.89. The summed E-state index contributed by atoms with van der Waals surface area (Å²) in [5.41, 5.74) is 4.28. The van der Waals surface area contributed by atoms with Crippen LogP contribution in [0.1, 0.15) is 41.4 Å². The number of hydrogen-bond donors (Lipinski definition) is 1. The zero-order valence-corrected chi connectivity index (χ0v) is 17.2. The lowest BCUT2D eigenvalue weighted by atomic mass is 9.94. The lowest BCUT2D eigenvalue weighted by Crippen LogP contribution is -2.45. The molecule has 6 heteroatoms. The molecule has 0 unspecified atom stereocenters. The quantitative estimate of drug-likeness (QED) is 0.727. The number of nitrogens with zero attached hydrogens (tertiary/aromatic N) is 4. The van der Waals surface area contributed by atoms with Gasteiger partial charge >= 0.3 is 0 Å². The number of fused-ring (bicyclic) bond motifs is 1. The maximum Gasteiger partial charge on any atom is 0.251 e. The zero-order chi connectivity index (χ0) is 20.4. The van der Waals surface area contributed by atoms with Crippen molar-refractivity contribution in [1.29, 1.82) is 0 Å². The Hall–Kier alpha value is -2.99. The van der Waals surface area contributed by atoms with E-state index in [0.717, 1.165) is 24.4 Å². The lowest BCUT2D eigenvalue weighted by molar-refractivity contribution is 0.0934. The van der Waals surface area contributed by atoms with Gasteiger partial charge in [-0.15, -0.1) is 0 Å². The molecule has 0 aliphatic carbocycles. The van der Waals surface area contributed by atoms with E-state index in [-0.39, 0.29) is 11.9 Å². The monoisotopic (exact) mass is 389 g/mol. The average Bonchev–Trinajstić information content (AvgIpc) is 3.22. The van der Waals surface area contributed by atoms with Crippen molar-refractivity contribution in [3.63, 3.8) is 0 Å². The molecule has 0 radical (unpaired) electrons. The Balaban J connectivity index is 1.45. The SMILES string of the molecule is CC(C)n1ncnc1-c1cccc(C(=O)NC[C@@H]2Cc3ccccc3CN2C)c1. The number of rotatable bonds is 5. The largest absolute Gasteiger partial charge is 0.350 e. The molecule has 0 fully saturated rings. The molecule has 4 rings (SSSR count). The van der Waals surface area contributed by atoms with Crippen LogP contribution in [0.4, 0.5) is 0 Å². The molecule has 1 N–H and O–H groups in total. The van der Waals surface area contributed by atoms with E-state index in [9.17, 15) is 4.79 Å². The number of hydrogen-bond acceptors (Lipinski definition) is 4. The summed E-state index contributed by atoms with van der Waals surface area (Å²) in [6.07, 6.45) is 2.50. The van der Waals surface area contributed by atoms with Crippen molar-refractivity contribution < 1.29 is 4.79 Å². The van der Waals surface area contributed by atoms with Crippen molar-refractivity contribution >= 4 is 5.91 Å². The number of carbonyl (C=O) groups excluding carboxylic acids is 1. The van der Waals surface area contributed by atoms with E-state index in [1.165, 1.54) is 11.1 Å². The lowest BCUT2D eigenvalue weighted by Gasteiger charge is -2.34. The van der Waals surface area contributed by atoms with E-state index >= 15 is 0 Å². The van der Waals surface area contributed by atoms with Crippen LogP contribution in [0.15, 0.2) is 54.9 Å². The van der Waals surface area contributed by atoms with Gasteiger partial charge in [0.1, 0.15) is 6.33 Å². The predicted molar refractivity (Wildman–Crippen MR) is 114 cm³/mol. The van der Waals surface area contributed by atoms with Crippen molar-refractivity contribution in [2.75, 3.05) is 13.6 Å². The highest BCUT2D eigenvalue weighted by Gasteiger charge is 2.23. The van der Waals surface area contributed by atoms with Gasteiger partial charge in [0.25, 0.3) is 5.91 Å². The second-order valence-electron chi connectivity index (χ2n) is 7.95. The van der Waals surface area contributed by atoms with Gasteiger partial charge in [-0.3, -0.25) is 9.69 Å². The molecular weight excluding hydrogens is 362 g/mol. The summed E-state index contributed by atoms with van der Waals surface area (Å²) in [5, 5.41) is 7.41. The van der Waals surface area contributed by atoms with Crippen molar-refractivity contribution in [1.82, 2.24) is 25.0 Å². The molecule has 29 heavy (non-hydrogen) atoms. The molecule has 1 aliphatic heterocycles. The van der Waals surface area contributed by atoms with Gasteiger partial charge in [0.2, 0.25) is 0 Å². The van der Waals surface area contributed by atoms with Gasteiger partial charge in [0.05, 0.1) is 0 Å². The first-order valence-electron chi connectivity index (χ1n) is 10.1. The third kappa shape index (κ3) is 4.07. The molecule has 2 aromatic carbocycles. The Bertz CT molecular complexity index is 1010. The van der Waals surface area contributed by atoms with Gasteiger partial charge in [0, 0.05) is 36.3 Å². The molecule has 0 spiro atoms. The summed E-state index contributed by atoms with van der Waals surface area (Å²) in [6.45, 7) is 5.66. The molecule has 150 valence electrons. The van der Waals surface area contributed by atoms with Crippen molar-refractivity contribution in [2.24, 2.45) is 0 Å². The normalized spacial score (nSPS) is 16.6. The van der Waals surface area contributed by atoms with Crippen LogP contribution in [0.2, 0.25) is 0 Å². The number of amides is 1. The van der Waals surface area contributed by atoms with E-state index in [2.05, 4.69) is 65.5 Å². The van der Waals surface area contributed by atoms with Gasteiger partial charge in [-0.25, -0.2) is 9.67 Å². The maximum atomic E-state index is 12.8. The van der Waals surface area contributed by atoms with E-state index in [1.807, 2.05) is 28.9 Å². The number of benzene rings is 2. The van der Waals surface area contributed by atoms with Crippen molar-refractivity contribution in [3.05, 3.63) is 71.5 Å². The molecule has 1 aliphatic rings. The van der Waals surface area contributed by atoms with Crippen molar-refractivity contribution in [3.8, 4) is 11.4 Å². The van der Waals surface area contributed by atoms with E-state index < -0.39 is 0 Å². The third-order valence-corrected chi connectivity index (χ3v) is 5.56. The van der Waals surface area contributed by atoms with Crippen LogP contribution in [-0.2, 0) is 13.0 Å². The Morgan fingerprint density at radius 3 is 2.76 bits per heavy atom. The zero-order valence-electron chi connectivity index (χ0n) is 17.2. The van der Waals surface area contributed by atoms with Crippen LogP contribution in [-0.4, -0.2) is 45.2 Å². The van der Waals surface area contributed by atoms with E-state index in [0.29, 0.717) is 18.2 Å². The summed E-state index contributed by atoms with van der Waals surface area (Å²) < 4.78 is 1.87. The number of nitrogens with one attached hydrogen (secondary N) is 1. The smallest absolute Gasteiger partial charge is 0.251 e. The highest BCUT2D eigenvalue weighted by molar-refractivity contribution is 5.95. The Morgan fingerprint density at radius 1 is 1.17 bits per heavy atom. The first-order valence-corrected chi connectivity index (χ1v) is 10.1. The summed E-state index contributed by atoms with van der Waals surface area (Å²) >= 11 is 0. The summed E-state index contributed by atoms with van der Waals surface area (Å²) in [5.74, 6) is 0.716. The summed E-state index contributed by atoms with van der Waals surface area (Å²) in [7, 11) is 2.12. The van der Waals surface area contributed by atoms with Gasteiger partial charge in [-0.05, 0) is 50.6 Å². The number of aromatic nitrogens is 3. The molecule has 1 amide bonds. The molecule has 1 aromatic heterocycles. The molecule has 1 atom stereocenters. The topological polar surface area (TPSA) is 63.1 Å². The van der Waals surface area contributed by atoms with Crippen LogP contribution in [0.5, 0.6) is 0 Å². The minimum atomic E-state index is -0.0604. The minimum absolute atomic E-state index is 0.0604.